The molecule has 2 heterocycles. The number of carbonyl (C=O) groups excluding carboxylic acids is 1. The molecule has 0 bridgehead atoms. The predicted molar refractivity (Wildman–Crippen MR) is 135 cm³/mol. The first-order valence-electron chi connectivity index (χ1n) is 11.5. The molecule has 1 amide bonds. The van der Waals surface area contributed by atoms with Gasteiger partial charge in [-0.3, -0.25) is 9.79 Å². The number of benzodiazepines with no additional fused rings is 1. The molecule has 1 atom stereocenters. The van der Waals surface area contributed by atoms with Crippen molar-refractivity contribution < 1.29 is 9.18 Å². The van der Waals surface area contributed by atoms with E-state index in [4.69, 9.17) is 4.99 Å². The van der Waals surface area contributed by atoms with Gasteiger partial charge in [-0.1, -0.05) is 48.5 Å². The number of carbonyl (C=O) groups is 1. The van der Waals surface area contributed by atoms with Gasteiger partial charge in [-0.2, -0.15) is 0 Å². The van der Waals surface area contributed by atoms with Gasteiger partial charge in [0.25, 0.3) is 5.91 Å². The molecule has 6 heteroatoms. The minimum Gasteiger partial charge on any atom is -0.361 e. The number of amides is 1. The number of nitrogens with one attached hydrogen (secondary N) is 1. The second kappa shape index (κ2) is 9.23. The molecule has 0 fully saturated rings. The molecule has 0 saturated heterocycles. The molecule has 4 aromatic rings. The summed E-state index contributed by atoms with van der Waals surface area (Å²) in [5, 5.41) is 1.07. The topological polar surface area (TPSA) is 51.7 Å². The van der Waals surface area contributed by atoms with Crippen LogP contribution in [0.1, 0.15) is 16.7 Å². The highest BCUT2D eigenvalue weighted by molar-refractivity contribution is 6.20. The predicted octanol–water partition coefficient (Wildman–Crippen LogP) is 4.66. The first kappa shape index (κ1) is 22.0. The van der Waals surface area contributed by atoms with Crippen LogP contribution in [0.2, 0.25) is 0 Å². The number of para-hydroxylation sites is 2. The third kappa shape index (κ3) is 4.13. The fourth-order valence-corrected chi connectivity index (χ4v) is 4.53. The molecular formula is C28H27FN4O. The zero-order valence-corrected chi connectivity index (χ0v) is 19.3. The van der Waals surface area contributed by atoms with Crippen LogP contribution in [0.3, 0.4) is 0 Å². The third-order valence-corrected chi connectivity index (χ3v) is 6.27. The van der Waals surface area contributed by atoms with Gasteiger partial charge in [0, 0.05) is 47.7 Å². The lowest BCUT2D eigenvalue weighted by Crippen LogP contribution is -2.42. The Morgan fingerprint density at radius 2 is 1.68 bits per heavy atom. The van der Waals surface area contributed by atoms with Gasteiger partial charge in [0.15, 0.2) is 0 Å². The Bertz CT molecular complexity index is 1370. The molecule has 3 aromatic carbocycles. The van der Waals surface area contributed by atoms with Crippen molar-refractivity contribution in [2.24, 2.45) is 4.99 Å². The van der Waals surface area contributed by atoms with Crippen LogP contribution in [0.5, 0.6) is 0 Å². The summed E-state index contributed by atoms with van der Waals surface area (Å²) in [5.41, 5.74) is 4.48. The molecule has 5 nitrogen and oxygen atoms in total. The van der Waals surface area contributed by atoms with E-state index in [9.17, 15) is 9.18 Å². The number of hydrogen-bond donors (Lipinski definition) is 1. The first-order chi connectivity index (χ1) is 16.5. The molecular weight excluding hydrogens is 427 g/mol. The van der Waals surface area contributed by atoms with Crippen molar-refractivity contribution in [1.82, 2.24) is 9.88 Å². The summed E-state index contributed by atoms with van der Waals surface area (Å²) < 4.78 is 15.0. The largest absolute Gasteiger partial charge is 0.361 e. The van der Waals surface area contributed by atoms with E-state index in [1.165, 1.54) is 6.07 Å². The molecule has 0 radical (unpaired) electrons. The number of fused-ring (bicyclic) bond motifs is 2. The van der Waals surface area contributed by atoms with Crippen LogP contribution in [0.4, 0.5) is 10.1 Å². The van der Waals surface area contributed by atoms with Gasteiger partial charge in [0.1, 0.15) is 11.9 Å². The van der Waals surface area contributed by atoms with Gasteiger partial charge in [-0.25, -0.2) is 4.39 Å². The number of H-pyrrole nitrogens is 1. The van der Waals surface area contributed by atoms with Crippen LogP contribution < -0.4 is 4.90 Å². The molecule has 34 heavy (non-hydrogen) atoms. The van der Waals surface area contributed by atoms with E-state index in [1.54, 1.807) is 18.2 Å². The number of aromatic amines is 1. The minimum absolute atomic E-state index is 0.0779. The Balaban J connectivity index is 1.66. The maximum atomic E-state index is 15.0. The Labute approximate surface area is 198 Å². The van der Waals surface area contributed by atoms with E-state index in [0.717, 1.165) is 27.7 Å². The number of aromatic nitrogens is 1. The van der Waals surface area contributed by atoms with E-state index in [-0.39, 0.29) is 11.7 Å². The maximum absolute atomic E-state index is 15.0. The van der Waals surface area contributed by atoms with Crippen molar-refractivity contribution in [3.8, 4) is 0 Å². The molecule has 1 N–H and O–H groups in total. The SMILES string of the molecule is CN(C)CCN1C(=O)[C@@H](Cc2c[nH]c3ccccc23)N=C(c2ccccc2F)c2ccccc21. The zero-order chi connectivity index (χ0) is 23.7. The average molecular weight is 455 g/mol. The first-order valence-corrected chi connectivity index (χ1v) is 11.5. The van der Waals surface area contributed by atoms with Gasteiger partial charge in [0.2, 0.25) is 0 Å². The summed E-state index contributed by atoms with van der Waals surface area (Å²) >= 11 is 0. The van der Waals surface area contributed by atoms with Crippen LogP contribution in [-0.2, 0) is 11.2 Å². The van der Waals surface area contributed by atoms with Crippen molar-refractivity contribution in [1.29, 1.82) is 0 Å². The van der Waals surface area contributed by atoms with Crippen LogP contribution in [0.15, 0.2) is 84.0 Å². The maximum Gasteiger partial charge on any atom is 0.252 e. The number of benzene rings is 3. The standard InChI is InChI=1S/C28H27FN4O/c1-32(2)15-16-33-26-14-8-5-11-22(26)27(21-10-3-6-12-23(21)29)31-25(28(33)34)17-19-18-30-24-13-7-4-9-20(19)24/h3-14,18,25,30H,15-17H2,1-2H3/t25-/m1/s1. The number of likely N-dealkylation sites (N-methyl/N-ethyl adjacent to an activating group) is 1. The Morgan fingerprint density at radius 3 is 2.47 bits per heavy atom. The van der Waals surface area contributed by atoms with E-state index < -0.39 is 6.04 Å². The highest BCUT2D eigenvalue weighted by atomic mass is 19.1. The fourth-order valence-electron chi connectivity index (χ4n) is 4.53. The monoisotopic (exact) mass is 454 g/mol. The number of nitrogens with zero attached hydrogens (tertiary/aromatic N) is 3. The lowest BCUT2D eigenvalue weighted by atomic mass is 9.99. The van der Waals surface area contributed by atoms with Crippen molar-refractivity contribution in [3.05, 3.63) is 102 Å². The van der Waals surface area contributed by atoms with Crippen LogP contribution in [0, 0.1) is 5.82 Å². The number of halogens is 1. The number of rotatable bonds is 6. The Kier molecular flexibility index (Phi) is 5.99. The minimum atomic E-state index is -0.677. The van der Waals surface area contributed by atoms with Crippen LogP contribution in [-0.4, -0.2) is 54.7 Å². The number of hydrogen-bond acceptors (Lipinski definition) is 3. The van der Waals surface area contributed by atoms with Gasteiger partial charge < -0.3 is 14.8 Å². The third-order valence-electron chi connectivity index (χ3n) is 6.27. The lowest BCUT2D eigenvalue weighted by Gasteiger charge is -2.26. The average Bonchev–Trinajstić information content (AvgIpc) is 3.20. The van der Waals surface area contributed by atoms with Crippen molar-refractivity contribution in [3.63, 3.8) is 0 Å². The molecule has 5 rings (SSSR count). The molecule has 0 aliphatic carbocycles. The number of aliphatic imine (C=N–C) groups is 1. The summed E-state index contributed by atoms with van der Waals surface area (Å²) in [6.07, 6.45) is 2.37. The molecule has 0 unspecified atom stereocenters. The summed E-state index contributed by atoms with van der Waals surface area (Å²) in [7, 11) is 3.97. The van der Waals surface area contributed by atoms with Crippen molar-refractivity contribution in [2.75, 3.05) is 32.1 Å². The highest BCUT2D eigenvalue weighted by Gasteiger charge is 2.33. The second-order valence-electron chi connectivity index (χ2n) is 8.85. The second-order valence-corrected chi connectivity index (χ2v) is 8.85. The Morgan fingerprint density at radius 1 is 0.971 bits per heavy atom. The van der Waals surface area contributed by atoms with Gasteiger partial charge >= 0.3 is 0 Å². The summed E-state index contributed by atoms with van der Waals surface area (Å²) in [6, 6.07) is 21.6. The molecule has 172 valence electrons. The van der Waals surface area contributed by atoms with Gasteiger partial charge in [-0.15, -0.1) is 0 Å². The smallest absolute Gasteiger partial charge is 0.252 e. The lowest BCUT2D eigenvalue weighted by molar-refractivity contribution is -0.119. The molecule has 1 aliphatic heterocycles. The van der Waals surface area contributed by atoms with E-state index in [2.05, 4.69) is 4.98 Å². The summed E-state index contributed by atoms with van der Waals surface area (Å²) in [4.78, 5) is 26.0. The molecule has 0 saturated carbocycles. The van der Waals surface area contributed by atoms with E-state index >= 15 is 0 Å². The normalized spacial score (nSPS) is 16.0. The zero-order valence-electron chi connectivity index (χ0n) is 19.3. The van der Waals surface area contributed by atoms with Crippen molar-refractivity contribution >= 4 is 28.2 Å². The fraction of sp³-hybridized carbons (Fsp3) is 0.214. The molecule has 1 aliphatic rings. The Hall–Kier alpha value is -3.77. The van der Waals surface area contributed by atoms with Gasteiger partial charge in [-0.05, 0) is 43.9 Å². The highest BCUT2D eigenvalue weighted by Crippen LogP contribution is 2.31. The van der Waals surface area contributed by atoms with Gasteiger partial charge in [0.05, 0.1) is 11.4 Å². The molecule has 1 aromatic heterocycles. The molecule has 0 spiro atoms. The summed E-state index contributed by atoms with van der Waals surface area (Å²) in [6.45, 7) is 1.22. The van der Waals surface area contributed by atoms with E-state index in [1.807, 2.05) is 78.6 Å². The summed E-state index contributed by atoms with van der Waals surface area (Å²) in [5.74, 6) is -0.429. The van der Waals surface area contributed by atoms with E-state index in [0.29, 0.717) is 30.8 Å². The number of anilines is 1. The van der Waals surface area contributed by atoms with Crippen LogP contribution >= 0.6 is 0 Å². The quantitative estimate of drug-likeness (QED) is 0.461. The van der Waals surface area contributed by atoms with Crippen LogP contribution in [0.25, 0.3) is 10.9 Å². The van der Waals surface area contributed by atoms with Crippen molar-refractivity contribution in [2.45, 2.75) is 12.5 Å².